The van der Waals surface area contributed by atoms with Crippen LogP contribution in [-0.2, 0) is 24.4 Å². The first-order chi connectivity index (χ1) is 5.13. The van der Waals surface area contributed by atoms with Crippen LogP contribution in [0.15, 0.2) is 11.5 Å². The molecule has 0 saturated heterocycles. The molecule has 0 saturated carbocycles. The zero-order valence-electron chi connectivity index (χ0n) is 4.94. The Hall–Kier alpha value is -1.76. The summed E-state index contributed by atoms with van der Waals surface area (Å²) < 4.78 is 0. The summed E-state index contributed by atoms with van der Waals surface area (Å²) >= 11 is 0. The van der Waals surface area contributed by atoms with Crippen molar-refractivity contribution in [1.82, 2.24) is 0 Å². The van der Waals surface area contributed by atoms with E-state index < -0.39 is 23.5 Å². The fourth-order valence-electron chi connectivity index (χ4n) is 0.351. The Bertz CT molecular complexity index is 215. The summed E-state index contributed by atoms with van der Waals surface area (Å²) in [6.07, 6.45) is 0. The van der Waals surface area contributed by atoms with Gasteiger partial charge in [0.25, 0.3) is 11.5 Å². The van der Waals surface area contributed by atoms with E-state index in [1.807, 2.05) is 0 Å². The summed E-state index contributed by atoms with van der Waals surface area (Å²) in [4.78, 5) is 27.9. The highest BCUT2D eigenvalue weighted by atomic mass is 17.5. The molecule has 0 aliphatic carbocycles. The monoisotopic (exact) mass is 162 g/mol. The smallest absolute Gasteiger partial charge is 0.415 e. The van der Waals surface area contributed by atoms with Crippen LogP contribution in [0.5, 0.6) is 0 Å². The van der Waals surface area contributed by atoms with Crippen molar-refractivity contribution in [1.29, 1.82) is 0 Å². The summed E-state index contributed by atoms with van der Waals surface area (Å²) in [6.45, 7) is 0. The number of rotatable bonds is 0. The predicted molar refractivity (Wildman–Crippen MR) is 25.6 cm³/mol. The van der Waals surface area contributed by atoms with Gasteiger partial charge in [0.2, 0.25) is 0 Å². The Labute approximate surface area is 59.2 Å². The number of hydrogen-bond acceptors (Lipinski definition) is 7. The zero-order valence-corrected chi connectivity index (χ0v) is 4.94. The Kier molecular flexibility index (Phi) is 1.65. The molecule has 1 rings (SSSR count). The molecule has 0 spiro atoms. The number of hydrogen-bond donors (Lipinski definition) is 2. The summed E-state index contributed by atoms with van der Waals surface area (Å²) in [5.74, 6) is -5.33. The molecule has 7 heteroatoms. The Morgan fingerprint density at radius 1 is 0.909 bits per heavy atom. The third-order valence-electron chi connectivity index (χ3n) is 0.830. The Morgan fingerprint density at radius 3 is 1.64 bits per heavy atom. The van der Waals surface area contributed by atoms with Crippen LogP contribution >= 0.6 is 0 Å². The molecule has 0 atom stereocenters. The van der Waals surface area contributed by atoms with Gasteiger partial charge in [0.15, 0.2) is 0 Å². The predicted octanol–water partition coefficient (Wildman–Crippen LogP) is -0.739. The highest BCUT2D eigenvalue weighted by molar-refractivity contribution is 5.96. The van der Waals surface area contributed by atoms with Crippen molar-refractivity contribution in [3.8, 4) is 0 Å². The van der Waals surface area contributed by atoms with Crippen LogP contribution in [0.1, 0.15) is 0 Å². The molecule has 1 heterocycles. The lowest BCUT2D eigenvalue weighted by Crippen LogP contribution is -2.07. The van der Waals surface area contributed by atoms with E-state index >= 15 is 0 Å². The standard InChI is InChI=1S/C4H2O7/c5-1-2(6)4(8)10-11-9-3(1)7/h5-6H. The highest BCUT2D eigenvalue weighted by Crippen LogP contribution is 2.07. The molecule has 1 aliphatic rings. The Balaban J connectivity index is 3.00. The van der Waals surface area contributed by atoms with Crippen LogP contribution in [0.2, 0.25) is 0 Å². The van der Waals surface area contributed by atoms with Gasteiger partial charge in [-0.1, -0.05) is 0 Å². The molecular formula is C4H2O7. The Morgan fingerprint density at radius 2 is 1.27 bits per heavy atom. The molecule has 0 amide bonds. The summed E-state index contributed by atoms with van der Waals surface area (Å²) in [7, 11) is 0. The molecule has 0 fully saturated rings. The van der Waals surface area contributed by atoms with Crippen molar-refractivity contribution in [3.05, 3.63) is 11.5 Å². The number of carbonyl (C=O) groups excluding carboxylic acids is 2. The van der Waals surface area contributed by atoms with Crippen LogP contribution in [0, 0.1) is 0 Å². The second-order valence-corrected chi connectivity index (χ2v) is 1.51. The quantitative estimate of drug-likeness (QED) is 0.452. The normalized spacial score (nSPS) is 18.9. The largest absolute Gasteiger partial charge is 0.499 e. The van der Waals surface area contributed by atoms with Crippen molar-refractivity contribution in [2.45, 2.75) is 0 Å². The van der Waals surface area contributed by atoms with E-state index in [4.69, 9.17) is 10.2 Å². The fourth-order valence-corrected chi connectivity index (χ4v) is 0.351. The molecule has 11 heavy (non-hydrogen) atoms. The number of aliphatic hydroxyl groups excluding tert-OH is 2. The van der Waals surface area contributed by atoms with E-state index in [9.17, 15) is 9.59 Å². The molecule has 0 unspecified atom stereocenters. The van der Waals surface area contributed by atoms with Gasteiger partial charge in [0.05, 0.1) is 0 Å². The molecule has 60 valence electrons. The number of aliphatic hydroxyl groups is 2. The van der Waals surface area contributed by atoms with Crippen molar-refractivity contribution >= 4 is 11.9 Å². The van der Waals surface area contributed by atoms with Gasteiger partial charge in [-0.05, 0) is 0 Å². The maximum atomic E-state index is 10.3. The van der Waals surface area contributed by atoms with Crippen molar-refractivity contribution in [3.63, 3.8) is 0 Å². The highest BCUT2D eigenvalue weighted by Gasteiger charge is 2.28. The van der Waals surface area contributed by atoms with E-state index in [-0.39, 0.29) is 0 Å². The molecule has 0 bridgehead atoms. The second-order valence-electron chi connectivity index (χ2n) is 1.51. The molecule has 2 N–H and O–H groups in total. The first kappa shape index (κ1) is 7.35. The molecule has 0 aromatic carbocycles. The van der Waals surface area contributed by atoms with Gasteiger partial charge in [-0.3, -0.25) is 9.78 Å². The minimum atomic E-state index is -1.41. The van der Waals surface area contributed by atoms with E-state index in [2.05, 4.69) is 14.8 Å². The first-order valence-electron chi connectivity index (χ1n) is 2.35. The SMILES string of the molecule is O=C1OOOC(=O)C(O)=C1O. The van der Waals surface area contributed by atoms with Gasteiger partial charge < -0.3 is 10.2 Å². The lowest BCUT2D eigenvalue weighted by atomic mass is 10.4. The summed E-state index contributed by atoms with van der Waals surface area (Å²) in [5, 5.41) is 20.6. The maximum absolute atomic E-state index is 10.3. The minimum absolute atomic E-state index is 1.26. The van der Waals surface area contributed by atoms with E-state index in [1.165, 1.54) is 0 Å². The van der Waals surface area contributed by atoms with Gasteiger partial charge in [-0.2, -0.15) is 0 Å². The van der Waals surface area contributed by atoms with E-state index in [1.54, 1.807) is 0 Å². The zero-order chi connectivity index (χ0) is 8.43. The van der Waals surface area contributed by atoms with Crippen LogP contribution in [-0.4, -0.2) is 22.2 Å². The third kappa shape index (κ3) is 1.22. The molecule has 1 aliphatic heterocycles. The van der Waals surface area contributed by atoms with Crippen molar-refractivity contribution < 1.29 is 34.6 Å². The lowest BCUT2D eigenvalue weighted by Gasteiger charge is -1.91. The van der Waals surface area contributed by atoms with Crippen LogP contribution in [0.3, 0.4) is 0 Å². The minimum Gasteiger partial charge on any atom is -0.499 e. The summed E-state index contributed by atoms with van der Waals surface area (Å²) in [6, 6.07) is 0. The second kappa shape index (κ2) is 2.46. The molecule has 0 aromatic rings. The van der Waals surface area contributed by atoms with Crippen molar-refractivity contribution in [2.75, 3.05) is 0 Å². The van der Waals surface area contributed by atoms with Gasteiger partial charge in [0, 0.05) is 5.04 Å². The average molecular weight is 162 g/mol. The number of carbonyl (C=O) groups is 2. The van der Waals surface area contributed by atoms with Crippen LogP contribution in [0.25, 0.3) is 0 Å². The first-order valence-corrected chi connectivity index (χ1v) is 2.35. The lowest BCUT2D eigenvalue weighted by molar-refractivity contribution is -0.455. The fraction of sp³-hybridized carbons (Fsp3) is 0. The molecule has 0 aromatic heterocycles. The van der Waals surface area contributed by atoms with Gasteiger partial charge in [-0.25, -0.2) is 9.59 Å². The topological polar surface area (TPSA) is 102 Å². The molecule has 7 nitrogen and oxygen atoms in total. The van der Waals surface area contributed by atoms with Gasteiger partial charge in [0.1, 0.15) is 0 Å². The van der Waals surface area contributed by atoms with E-state index in [0.717, 1.165) is 0 Å². The van der Waals surface area contributed by atoms with Gasteiger partial charge in [-0.15, -0.1) is 0 Å². The maximum Gasteiger partial charge on any atom is 0.415 e. The van der Waals surface area contributed by atoms with Crippen LogP contribution < -0.4 is 0 Å². The molecule has 0 radical (unpaired) electrons. The van der Waals surface area contributed by atoms with E-state index in [0.29, 0.717) is 0 Å². The molecular weight excluding hydrogens is 160 g/mol. The average Bonchev–Trinajstić information content (AvgIpc) is 2.07. The third-order valence-corrected chi connectivity index (χ3v) is 0.830. The summed E-state index contributed by atoms with van der Waals surface area (Å²) in [5.41, 5.74) is 0. The van der Waals surface area contributed by atoms with Crippen molar-refractivity contribution in [2.24, 2.45) is 0 Å². The van der Waals surface area contributed by atoms with Gasteiger partial charge >= 0.3 is 11.9 Å². The van der Waals surface area contributed by atoms with Crippen LogP contribution in [0.4, 0.5) is 0 Å².